The van der Waals surface area contributed by atoms with E-state index in [2.05, 4.69) is 10.6 Å². The highest BCUT2D eigenvalue weighted by Gasteiger charge is 2.24. The van der Waals surface area contributed by atoms with Crippen LogP contribution in [0.5, 0.6) is 0 Å². The van der Waals surface area contributed by atoms with Crippen LogP contribution in [-0.2, 0) is 9.53 Å². The number of urea groups is 1. The molecule has 0 aromatic carbocycles. The lowest BCUT2D eigenvalue weighted by Crippen LogP contribution is -2.51. The second kappa shape index (κ2) is 7.96. The Labute approximate surface area is 112 Å². The molecule has 7 nitrogen and oxygen atoms in total. The largest absolute Gasteiger partial charge is 0.480 e. The first-order valence-corrected chi connectivity index (χ1v) is 6.53. The maximum Gasteiger partial charge on any atom is 0.328 e. The Balaban J connectivity index is 2.03. The second-order valence-electron chi connectivity index (χ2n) is 4.83. The summed E-state index contributed by atoms with van der Waals surface area (Å²) in [5.41, 5.74) is 0. The lowest BCUT2D eigenvalue weighted by molar-refractivity contribution is -0.141. The van der Waals surface area contributed by atoms with Crippen LogP contribution in [0.15, 0.2) is 0 Å². The van der Waals surface area contributed by atoms with Crippen LogP contribution in [0.1, 0.15) is 26.2 Å². The molecule has 1 aliphatic rings. The van der Waals surface area contributed by atoms with E-state index in [-0.39, 0.29) is 0 Å². The summed E-state index contributed by atoms with van der Waals surface area (Å²) in [4.78, 5) is 22.1. The SMILES string of the molecule is CC(O)C(NC(=O)NCCCOCC1CC1)C(=O)O. The molecular formula is C12H22N2O5. The van der Waals surface area contributed by atoms with Crippen molar-refractivity contribution in [1.82, 2.24) is 10.6 Å². The van der Waals surface area contributed by atoms with Crippen LogP contribution in [0, 0.1) is 5.92 Å². The molecule has 0 spiro atoms. The van der Waals surface area contributed by atoms with E-state index in [1.807, 2.05) is 0 Å². The van der Waals surface area contributed by atoms with Gasteiger partial charge in [-0.05, 0) is 32.1 Å². The number of nitrogens with one attached hydrogen (secondary N) is 2. The third-order valence-electron chi connectivity index (χ3n) is 2.84. The molecule has 0 bridgehead atoms. The number of amides is 2. The molecule has 0 aromatic heterocycles. The third kappa shape index (κ3) is 6.97. The minimum atomic E-state index is -1.30. The summed E-state index contributed by atoms with van der Waals surface area (Å²) >= 11 is 0. The molecule has 4 N–H and O–H groups in total. The van der Waals surface area contributed by atoms with Crippen molar-refractivity contribution in [2.75, 3.05) is 19.8 Å². The topological polar surface area (TPSA) is 108 Å². The van der Waals surface area contributed by atoms with Crippen molar-refractivity contribution < 1.29 is 24.5 Å². The molecule has 1 rings (SSSR count). The number of hydrogen-bond acceptors (Lipinski definition) is 4. The maximum atomic E-state index is 11.4. The maximum absolute atomic E-state index is 11.4. The zero-order valence-corrected chi connectivity index (χ0v) is 11.1. The molecule has 0 radical (unpaired) electrons. The van der Waals surface area contributed by atoms with Gasteiger partial charge in [0.2, 0.25) is 0 Å². The van der Waals surface area contributed by atoms with Crippen molar-refractivity contribution in [3.8, 4) is 0 Å². The van der Waals surface area contributed by atoms with Gasteiger partial charge in [0.05, 0.1) is 6.10 Å². The fourth-order valence-corrected chi connectivity index (χ4v) is 1.49. The summed E-state index contributed by atoms with van der Waals surface area (Å²) in [5, 5.41) is 22.7. The molecule has 2 atom stereocenters. The molecule has 2 unspecified atom stereocenters. The van der Waals surface area contributed by atoms with E-state index >= 15 is 0 Å². The van der Waals surface area contributed by atoms with Gasteiger partial charge in [0.25, 0.3) is 0 Å². The second-order valence-corrected chi connectivity index (χ2v) is 4.83. The van der Waals surface area contributed by atoms with Gasteiger partial charge < -0.3 is 25.6 Å². The van der Waals surface area contributed by atoms with E-state index in [1.165, 1.54) is 19.8 Å². The van der Waals surface area contributed by atoms with E-state index in [1.54, 1.807) is 0 Å². The number of hydrogen-bond donors (Lipinski definition) is 4. The number of aliphatic carboxylic acids is 1. The number of carbonyl (C=O) groups is 2. The van der Waals surface area contributed by atoms with Crippen molar-refractivity contribution in [2.24, 2.45) is 5.92 Å². The number of carboxylic acids is 1. The minimum absolute atomic E-state index is 0.405. The number of carbonyl (C=O) groups excluding carboxylic acids is 1. The first-order valence-electron chi connectivity index (χ1n) is 6.53. The van der Waals surface area contributed by atoms with Gasteiger partial charge >= 0.3 is 12.0 Å². The van der Waals surface area contributed by atoms with Gasteiger partial charge in [-0.1, -0.05) is 0 Å². The van der Waals surface area contributed by atoms with Gasteiger partial charge in [0.15, 0.2) is 6.04 Å². The quantitative estimate of drug-likeness (QED) is 0.440. The number of aliphatic hydroxyl groups is 1. The Kier molecular flexibility index (Phi) is 6.58. The van der Waals surface area contributed by atoms with Crippen LogP contribution in [0.3, 0.4) is 0 Å². The predicted octanol–water partition coefficient (Wildman–Crippen LogP) is -0.0637. The van der Waals surface area contributed by atoms with Gasteiger partial charge in [-0.2, -0.15) is 0 Å². The van der Waals surface area contributed by atoms with E-state index in [0.717, 1.165) is 12.5 Å². The van der Waals surface area contributed by atoms with Gasteiger partial charge in [0, 0.05) is 19.8 Å². The van der Waals surface area contributed by atoms with Crippen molar-refractivity contribution in [1.29, 1.82) is 0 Å². The van der Waals surface area contributed by atoms with Crippen molar-refractivity contribution in [2.45, 2.75) is 38.3 Å². The Morgan fingerprint density at radius 3 is 2.63 bits per heavy atom. The highest BCUT2D eigenvalue weighted by molar-refractivity contribution is 5.82. The van der Waals surface area contributed by atoms with E-state index in [4.69, 9.17) is 9.84 Å². The monoisotopic (exact) mass is 274 g/mol. The van der Waals surface area contributed by atoms with Gasteiger partial charge in [0.1, 0.15) is 0 Å². The molecule has 110 valence electrons. The Morgan fingerprint density at radius 1 is 1.42 bits per heavy atom. The molecule has 0 aliphatic heterocycles. The predicted molar refractivity (Wildman–Crippen MR) is 67.8 cm³/mol. The summed E-state index contributed by atoms with van der Waals surface area (Å²) in [6.07, 6.45) is 2.02. The smallest absolute Gasteiger partial charge is 0.328 e. The summed E-state index contributed by atoms with van der Waals surface area (Å²) < 4.78 is 5.39. The van der Waals surface area contributed by atoms with Crippen molar-refractivity contribution in [3.05, 3.63) is 0 Å². The molecule has 0 saturated heterocycles. The van der Waals surface area contributed by atoms with E-state index < -0.39 is 24.1 Å². The Bertz CT molecular complexity index is 304. The van der Waals surface area contributed by atoms with Gasteiger partial charge in [-0.3, -0.25) is 0 Å². The molecule has 0 aromatic rings. The molecule has 1 fully saturated rings. The minimum Gasteiger partial charge on any atom is -0.480 e. The van der Waals surface area contributed by atoms with Crippen LogP contribution in [0.4, 0.5) is 4.79 Å². The molecule has 0 heterocycles. The van der Waals surface area contributed by atoms with Crippen molar-refractivity contribution >= 4 is 12.0 Å². The molecule has 1 aliphatic carbocycles. The summed E-state index contributed by atoms with van der Waals surface area (Å²) in [7, 11) is 0. The van der Waals surface area contributed by atoms with Gasteiger partial charge in [-0.25, -0.2) is 9.59 Å². The Hall–Kier alpha value is -1.34. The average molecular weight is 274 g/mol. The normalized spacial score (nSPS) is 17.6. The highest BCUT2D eigenvalue weighted by atomic mass is 16.5. The number of ether oxygens (including phenoxy) is 1. The van der Waals surface area contributed by atoms with Gasteiger partial charge in [-0.15, -0.1) is 0 Å². The fraction of sp³-hybridized carbons (Fsp3) is 0.833. The van der Waals surface area contributed by atoms with Crippen LogP contribution >= 0.6 is 0 Å². The standard InChI is InChI=1S/C12H22N2O5/c1-8(15)10(11(16)17)14-12(18)13-5-2-6-19-7-9-3-4-9/h8-10,15H,2-7H2,1H3,(H,16,17)(H2,13,14,18). The third-order valence-corrected chi connectivity index (χ3v) is 2.84. The van der Waals surface area contributed by atoms with Crippen LogP contribution in [-0.4, -0.2) is 54.1 Å². The Morgan fingerprint density at radius 2 is 2.11 bits per heavy atom. The number of aliphatic hydroxyl groups excluding tert-OH is 1. The van der Waals surface area contributed by atoms with E-state index in [0.29, 0.717) is 19.6 Å². The highest BCUT2D eigenvalue weighted by Crippen LogP contribution is 2.28. The molecule has 1 saturated carbocycles. The number of rotatable bonds is 9. The molecule has 19 heavy (non-hydrogen) atoms. The first-order chi connectivity index (χ1) is 9.00. The van der Waals surface area contributed by atoms with Crippen LogP contribution in [0.25, 0.3) is 0 Å². The molecular weight excluding hydrogens is 252 g/mol. The zero-order valence-electron chi connectivity index (χ0n) is 11.1. The fourth-order valence-electron chi connectivity index (χ4n) is 1.49. The number of carboxylic acid groups (broad SMARTS) is 1. The molecule has 7 heteroatoms. The first kappa shape index (κ1) is 15.7. The summed E-state index contributed by atoms with van der Waals surface area (Å²) in [6, 6.07) is -1.90. The summed E-state index contributed by atoms with van der Waals surface area (Å²) in [6.45, 7) is 3.08. The average Bonchev–Trinajstić information content (AvgIpc) is 3.13. The molecule has 2 amide bonds. The van der Waals surface area contributed by atoms with E-state index in [9.17, 15) is 14.7 Å². The lowest BCUT2D eigenvalue weighted by Gasteiger charge is -2.17. The van der Waals surface area contributed by atoms with Crippen LogP contribution < -0.4 is 10.6 Å². The van der Waals surface area contributed by atoms with Crippen LogP contribution in [0.2, 0.25) is 0 Å². The lowest BCUT2D eigenvalue weighted by atomic mass is 10.2. The zero-order chi connectivity index (χ0) is 14.3. The van der Waals surface area contributed by atoms with Crippen molar-refractivity contribution in [3.63, 3.8) is 0 Å². The summed E-state index contributed by atoms with van der Waals surface area (Å²) in [5.74, 6) is -0.545.